The van der Waals surface area contributed by atoms with Crippen LogP contribution in [0.25, 0.3) is 0 Å². The summed E-state index contributed by atoms with van der Waals surface area (Å²) in [6, 6.07) is 20.9. The number of sulfonamides is 1. The van der Waals surface area contributed by atoms with Gasteiger partial charge < -0.3 is 10.2 Å². The summed E-state index contributed by atoms with van der Waals surface area (Å²) < 4.78 is 26.6. The maximum atomic E-state index is 14.0. The Kier molecular flexibility index (Phi) is 12.3. The summed E-state index contributed by atoms with van der Waals surface area (Å²) in [4.78, 5) is 29.2. The number of nitrogens with one attached hydrogen (secondary N) is 1. The van der Waals surface area contributed by atoms with E-state index in [9.17, 15) is 18.0 Å². The SMILES string of the molecule is CC[C@@H](C)NC(=O)[C@H](Cc1ccccc1)N(Cc1c(Cl)cccc1Cl)C(=O)CCCN(c1cccc(C)c1)S(C)(=O)=O. The van der Waals surface area contributed by atoms with Crippen LogP contribution in [0.4, 0.5) is 5.69 Å². The van der Waals surface area contributed by atoms with Crippen LogP contribution in [-0.4, -0.2) is 50.0 Å². The van der Waals surface area contributed by atoms with Gasteiger partial charge in [0.2, 0.25) is 21.8 Å². The third kappa shape index (κ3) is 9.48. The number of rotatable bonds is 14. The van der Waals surface area contributed by atoms with Gasteiger partial charge in [-0.1, -0.05) is 78.7 Å². The molecule has 0 saturated carbocycles. The summed E-state index contributed by atoms with van der Waals surface area (Å²) in [5.74, 6) is -0.578. The highest BCUT2D eigenvalue weighted by Gasteiger charge is 2.32. The summed E-state index contributed by atoms with van der Waals surface area (Å²) in [6.45, 7) is 5.92. The third-order valence-electron chi connectivity index (χ3n) is 7.10. The van der Waals surface area contributed by atoms with Crippen LogP contribution in [0.15, 0.2) is 72.8 Å². The minimum atomic E-state index is -3.59. The summed E-state index contributed by atoms with van der Waals surface area (Å²) in [5.41, 5.74) is 2.91. The molecule has 0 aliphatic carbocycles. The maximum Gasteiger partial charge on any atom is 0.243 e. The van der Waals surface area contributed by atoms with Gasteiger partial charge in [-0.05, 0) is 62.1 Å². The molecule has 3 aromatic rings. The minimum Gasteiger partial charge on any atom is -0.352 e. The Labute approximate surface area is 259 Å². The topological polar surface area (TPSA) is 86.8 Å². The van der Waals surface area contributed by atoms with Crippen molar-refractivity contribution >= 4 is 50.7 Å². The van der Waals surface area contributed by atoms with Gasteiger partial charge in [-0.2, -0.15) is 0 Å². The highest BCUT2D eigenvalue weighted by molar-refractivity contribution is 7.92. The second kappa shape index (κ2) is 15.4. The molecule has 0 unspecified atom stereocenters. The van der Waals surface area contributed by atoms with Gasteiger partial charge in [0.05, 0.1) is 11.9 Å². The number of hydrogen-bond donors (Lipinski definition) is 1. The van der Waals surface area contributed by atoms with E-state index in [0.29, 0.717) is 21.3 Å². The van der Waals surface area contributed by atoms with E-state index in [2.05, 4.69) is 5.32 Å². The highest BCUT2D eigenvalue weighted by Crippen LogP contribution is 2.28. The van der Waals surface area contributed by atoms with Gasteiger partial charge in [0, 0.05) is 47.6 Å². The fraction of sp³-hybridized carbons (Fsp3) is 0.375. The van der Waals surface area contributed by atoms with Crippen LogP contribution in [0.5, 0.6) is 0 Å². The molecular weight excluding hydrogens is 593 g/mol. The third-order valence-corrected chi connectivity index (χ3v) is 9.01. The molecular formula is C32H39Cl2N3O4S. The largest absolute Gasteiger partial charge is 0.352 e. The van der Waals surface area contributed by atoms with Crippen molar-refractivity contribution in [2.24, 2.45) is 0 Å². The lowest BCUT2D eigenvalue weighted by atomic mass is 10.0. The molecule has 3 aromatic carbocycles. The Bertz CT molecular complexity index is 1450. The number of halogens is 2. The van der Waals surface area contributed by atoms with Gasteiger partial charge in [0.1, 0.15) is 6.04 Å². The summed E-state index contributed by atoms with van der Waals surface area (Å²) in [5, 5.41) is 3.82. The zero-order chi connectivity index (χ0) is 30.9. The van der Waals surface area contributed by atoms with Crippen LogP contribution < -0.4 is 9.62 Å². The first-order valence-electron chi connectivity index (χ1n) is 14.0. The highest BCUT2D eigenvalue weighted by atomic mass is 35.5. The lowest BCUT2D eigenvalue weighted by Gasteiger charge is -2.33. The fourth-order valence-corrected chi connectivity index (χ4v) is 6.11. The van der Waals surface area contributed by atoms with Crippen LogP contribution in [0.3, 0.4) is 0 Å². The Balaban J connectivity index is 1.94. The Morgan fingerprint density at radius 1 is 0.952 bits per heavy atom. The van der Waals surface area contributed by atoms with Crippen LogP contribution in [0.1, 0.15) is 49.8 Å². The number of benzene rings is 3. The molecule has 0 aliphatic rings. The number of carbonyl (C=O) groups is 2. The summed E-state index contributed by atoms with van der Waals surface area (Å²) in [7, 11) is -3.59. The van der Waals surface area contributed by atoms with Gasteiger partial charge in [-0.25, -0.2) is 8.42 Å². The maximum absolute atomic E-state index is 14.0. The van der Waals surface area contributed by atoms with Crippen LogP contribution in [-0.2, 0) is 32.6 Å². The normalized spacial score (nSPS) is 12.8. The number of nitrogens with zero attached hydrogens (tertiary/aromatic N) is 2. The van der Waals surface area contributed by atoms with E-state index in [-0.39, 0.29) is 50.2 Å². The number of hydrogen-bond acceptors (Lipinski definition) is 4. The smallest absolute Gasteiger partial charge is 0.243 e. The van der Waals surface area contributed by atoms with Crippen LogP contribution in [0.2, 0.25) is 10.0 Å². The van der Waals surface area contributed by atoms with E-state index < -0.39 is 16.1 Å². The van der Waals surface area contributed by atoms with Crippen molar-refractivity contribution in [3.05, 3.63) is 99.5 Å². The molecule has 226 valence electrons. The molecule has 0 bridgehead atoms. The Hall–Kier alpha value is -3.07. The lowest BCUT2D eigenvalue weighted by Crippen LogP contribution is -2.52. The Morgan fingerprint density at radius 2 is 1.60 bits per heavy atom. The van der Waals surface area contributed by atoms with Crippen molar-refractivity contribution in [2.45, 2.75) is 65.1 Å². The quantitative estimate of drug-likeness (QED) is 0.223. The van der Waals surface area contributed by atoms with E-state index in [0.717, 1.165) is 23.8 Å². The predicted molar refractivity (Wildman–Crippen MR) is 171 cm³/mol. The number of aryl methyl sites for hydroxylation is 1. The van der Waals surface area contributed by atoms with Gasteiger partial charge in [-0.15, -0.1) is 0 Å². The molecule has 42 heavy (non-hydrogen) atoms. The van der Waals surface area contributed by atoms with Gasteiger partial charge in [-0.3, -0.25) is 13.9 Å². The molecule has 7 nitrogen and oxygen atoms in total. The second-order valence-electron chi connectivity index (χ2n) is 10.5. The predicted octanol–water partition coefficient (Wildman–Crippen LogP) is 6.40. The van der Waals surface area contributed by atoms with Gasteiger partial charge in [0.15, 0.2) is 0 Å². The molecule has 2 atom stereocenters. The average molecular weight is 633 g/mol. The zero-order valence-electron chi connectivity index (χ0n) is 24.5. The van der Waals surface area contributed by atoms with Gasteiger partial charge >= 0.3 is 0 Å². The molecule has 2 amide bonds. The van der Waals surface area contributed by atoms with E-state index in [1.165, 1.54) is 9.21 Å². The molecule has 10 heteroatoms. The molecule has 0 aromatic heterocycles. The number of anilines is 1. The first kappa shape index (κ1) is 33.4. The molecule has 1 N–H and O–H groups in total. The molecule has 0 spiro atoms. The number of amides is 2. The summed E-state index contributed by atoms with van der Waals surface area (Å²) in [6.07, 6.45) is 2.43. The van der Waals surface area contributed by atoms with Crippen molar-refractivity contribution < 1.29 is 18.0 Å². The number of carbonyl (C=O) groups excluding carboxylic acids is 2. The fourth-order valence-electron chi connectivity index (χ4n) is 4.64. The lowest BCUT2D eigenvalue weighted by molar-refractivity contribution is -0.141. The van der Waals surface area contributed by atoms with Gasteiger partial charge in [0.25, 0.3) is 0 Å². The van der Waals surface area contributed by atoms with Crippen LogP contribution in [0, 0.1) is 6.92 Å². The second-order valence-corrected chi connectivity index (χ2v) is 13.2. The van der Waals surface area contributed by atoms with E-state index in [4.69, 9.17) is 23.2 Å². The molecule has 0 radical (unpaired) electrons. The van der Waals surface area contributed by atoms with E-state index in [1.807, 2.05) is 57.2 Å². The van der Waals surface area contributed by atoms with E-state index in [1.54, 1.807) is 36.4 Å². The molecule has 0 heterocycles. The van der Waals surface area contributed by atoms with E-state index >= 15 is 0 Å². The summed E-state index contributed by atoms with van der Waals surface area (Å²) >= 11 is 13.0. The first-order chi connectivity index (χ1) is 19.9. The van der Waals surface area contributed by atoms with Crippen molar-refractivity contribution in [2.75, 3.05) is 17.1 Å². The van der Waals surface area contributed by atoms with Crippen molar-refractivity contribution in [3.63, 3.8) is 0 Å². The molecule has 0 saturated heterocycles. The minimum absolute atomic E-state index is 0.0157. The molecule has 3 rings (SSSR count). The zero-order valence-corrected chi connectivity index (χ0v) is 26.8. The van der Waals surface area contributed by atoms with Crippen molar-refractivity contribution in [3.8, 4) is 0 Å². The van der Waals surface area contributed by atoms with Crippen molar-refractivity contribution in [1.82, 2.24) is 10.2 Å². The average Bonchev–Trinajstić information content (AvgIpc) is 2.94. The first-order valence-corrected chi connectivity index (χ1v) is 16.6. The molecule has 0 fully saturated rings. The Morgan fingerprint density at radius 3 is 2.19 bits per heavy atom. The monoisotopic (exact) mass is 631 g/mol. The molecule has 0 aliphatic heterocycles. The standard InChI is InChI=1S/C32H39Cl2N3O4S/c1-5-24(3)35-32(39)30(21-25-13-7-6-8-14-25)36(22-27-28(33)16-10-17-29(27)34)31(38)18-11-19-37(42(4,40)41)26-15-9-12-23(2)20-26/h6-10,12-17,20,24,30H,5,11,18-19,21-22H2,1-4H3,(H,35,39)/t24-,30+/m1/s1. The van der Waals surface area contributed by atoms with Crippen molar-refractivity contribution in [1.29, 1.82) is 0 Å². The van der Waals surface area contributed by atoms with Crippen LogP contribution >= 0.6 is 23.2 Å².